The molecular weight excluding hydrogens is 228 g/mol. The van der Waals surface area contributed by atoms with Gasteiger partial charge in [0.25, 0.3) is 0 Å². The standard InChI is InChI=1S/C11H15ClN2O2/c1-7(11(16)13-2)14-6-8-5-9(12)3-4-10(8)15/h3-5,7,14-15H,6H2,1-2H3,(H,13,16). The van der Waals surface area contributed by atoms with Gasteiger partial charge in [0.15, 0.2) is 0 Å². The SMILES string of the molecule is CNC(=O)C(C)NCc1cc(Cl)ccc1O. The molecule has 1 unspecified atom stereocenters. The van der Waals surface area contributed by atoms with Crippen LogP contribution in [0.2, 0.25) is 5.02 Å². The summed E-state index contributed by atoms with van der Waals surface area (Å²) in [5.74, 6) is 0.0718. The minimum absolute atomic E-state index is 0.0958. The van der Waals surface area contributed by atoms with E-state index in [0.717, 1.165) is 0 Å². The van der Waals surface area contributed by atoms with E-state index in [1.807, 2.05) is 0 Å². The number of likely N-dealkylation sites (N-methyl/N-ethyl adjacent to an activating group) is 1. The molecule has 0 fully saturated rings. The topological polar surface area (TPSA) is 61.4 Å². The van der Waals surface area contributed by atoms with Gasteiger partial charge in [-0.3, -0.25) is 4.79 Å². The number of benzene rings is 1. The lowest BCUT2D eigenvalue weighted by Crippen LogP contribution is -2.40. The molecule has 0 aliphatic rings. The van der Waals surface area contributed by atoms with Gasteiger partial charge in [0.2, 0.25) is 5.91 Å². The lowest BCUT2D eigenvalue weighted by atomic mass is 10.2. The molecule has 1 aromatic carbocycles. The van der Waals surface area contributed by atoms with Crippen molar-refractivity contribution in [1.82, 2.24) is 10.6 Å². The second kappa shape index (κ2) is 5.72. The smallest absolute Gasteiger partial charge is 0.236 e. The zero-order valence-electron chi connectivity index (χ0n) is 9.25. The van der Waals surface area contributed by atoms with E-state index in [1.165, 1.54) is 6.07 Å². The Hall–Kier alpha value is -1.26. The molecule has 0 radical (unpaired) electrons. The maximum Gasteiger partial charge on any atom is 0.236 e. The lowest BCUT2D eigenvalue weighted by Gasteiger charge is -2.13. The number of hydrogen-bond donors (Lipinski definition) is 3. The summed E-state index contributed by atoms with van der Waals surface area (Å²) in [6.45, 7) is 2.14. The quantitative estimate of drug-likeness (QED) is 0.745. The number of carbonyl (C=O) groups excluding carboxylic acids is 1. The van der Waals surface area contributed by atoms with Crippen molar-refractivity contribution >= 4 is 17.5 Å². The first-order valence-corrected chi connectivity index (χ1v) is 5.34. The summed E-state index contributed by atoms with van der Waals surface area (Å²) in [6, 6.07) is 4.50. The Labute approximate surface area is 99.6 Å². The highest BCUT2D eigenvalue weighted by molar-refractivity contribution is 6.30. The van der Waals surface area contributed by atoms with Crippen LogP contribution < -0.4 is 10.6 Å². The summed E-state index contributed by atoms with van der Waals surface area (Å²) >= 11 is 5.80. The third kappa shape index (κ3) is 3.40. The molecule has 88 valence electrons. The van der Waals surface area contributed by atoms with Crippen LogP contribution in [0.25, 0.3) is 0 Å². The summed E-state index contributed by atoms with van der Waals surface area (Å²) in [7, 11) is 1.58. The molecular formula is C11H15ClN2O2. The monoisotopic (exact) mass is 242 g/mol. The molecule has 0 saturated carbocycles. The average Bonchev–Trinajstić information content (AvgIpc) is 2.28. The molecule has 0 aliphatic heterocycles. The van der Waals surface area contributed by atoms with E-state index in [9.17, 15) is 9.90 Å². The zero-order valence-corrected chi connectivity index (χ0v) is 10.0. The van der Waals surface area contributed by atoms with Crippen LogP contribution in [0.5, 0.6) is 5.75 Å². The Balaban J connectivity index is 2.60. The van der Waals surface area contributed by atoms with Crippen molar-refractivity contribution in [2.24, 2.45) is 0 Å². The van der Waals surface area contributed by atoms with Gasteiger partial charge in [-0.1, -0.05) is 11.6 Å². The number of amides is 1. The Kier molecular flexibility index (Phi) is 4.58. The number of phenols is 1. The summed E-state index contributed by atoms with van der Waals surface area (Å²) < 4.78 is 0. The van der Waals surface area contributed by atoms with Gasteiger partial charge in [-0.2, -0.15) is 0 Å². The Morgan fingerprint density at radius 2 is 2.25 bits per heavy atom. The fourth-order valence-corrected chi connectivity index (χ4v) is 1.46. The summed E-state index contributed by atoms with van der Waals surface area (Å²) in [5, 5.41) is 15.6. The van der Waals surface area contributed by atoms with Crippen LogP contribution >= 0.6 is 11.6 Å². The van der Waals surface area contributed by atoms with Gasteiger partial charge in [0, 0.05) is 24.2 Å². The number of carbonyl (C=O) groups is 1. The Morgan fingerprint density at radius 1 is 1.56 bits per heavy atom. The molecule has 4 nitrogen and oxygen atoms in total. The van der Waals surface area contributed by atoms with Gasteiger partial charge in [0.05, 0.1) is 6.04 Å². The first-order valence-electron chi connectivity index (χ1n) is 4.97. The van der Waals surface area contributed by atoms with Crippen molar-refractivity contribution in [3.8, 4) is 5.75 Å². The van der Waals surface area contributed by atoms with E-state index in [-0.39, 0.29) is 17.7 Å². The second-order valence-electron chi connectivity index (χ2n) is 3.49. The molecule has 0 heterocycles. The van der Waals surface area contributed by atoms with Gasteiger partial charge in [0.1, 0.15) is 5.75 Å². The van der Waals surface area contributed by atoms with Crippen molar-refractivity contribution in [2.75, 3.05) is 7.05 Å². The van der Waals surface area contributed by atoms with Crippen molar-refractivity contribution in [2.45, 2.75) is 19.5 Å². The van der Waals surface area contributed by atoms with Crippen LogP contribution in [0.1, 0.15) is 12.5 Å². The first-order chi connectivity index (χ1) is 7.54. The van der Waals surface area contributed by atoms with Crippen LogP contribution in [-0.2, 0) is 11.3 Å². The van der Waals surface area contributed by atoms with E-state index >= 15 is 0 Å². The molecule has 1 aromatic rings. The Bertz CT molecular complexity index is 382. The number of halogens is 1. The minimum Gasteiger partial charge on any atom is -0.508 e. The van der Waals surface area contributed by atoms with Crippen molar-refractivity contribution in [3.63, 3.8) is 0 Å². The molecule has 1 amide bonds. The highest BCUT2D eigenvalue weighted by atomic mass is 35.5. The van der Waals surface area contributed by atoms with Crippen molar-refractivity contribution in [3.05, 3.63) is 28.8 Å². The van der Waals surface area contributed by atoms with Crippen LogP contribution in [0.4, 0.5) is 0 Å². The highest BCUT2D eigenvalue weighted by Crippen LogP contribution is 2.21. The summed E-state index contributed by atoms with van der Waals surface area (Å²) in [4.78, 5) is 11.2. The van der Waals surface area contributed by atoms with Crippen molar-refractivity contribution < 1.29 is 9.90 Å². The number of nitrogens with one attached hydrogen (secondary N) is 2. The average molecular weight is 243 g/mol. The minimum atomic E-state index is -0.316. The van der Waals surface area contributed by atoms with E-state index in [2.05, 4.69) is 10.6 Å². The van der Waals surface area contributed by atoms with Crippen molar-refractivity contribution in [1.29, 1.82) is 0 Å². The molecule has 0 aliphatic carbocycles. The van der Waals surface area contributed by atoms with E-state index < -0.39 is 0 Å². The van der Waals surface area contributed by atoms with Gasteiger partial charge in [-0.05, 0) is 25.1 Å². The fourth-order valence-electron chi connectivity index (χ4n) is 1.27. The number of aromatic hydroxyl groups is 1. The van der Waals surface area contributed by atoms with Gasteiger partial charge in [-0.25, -0.2) is 0 Å². The molecule has 0 bridgehead atoms. The predicted molar refractivity (Wildman–Crippen MR) is 63.5 cm³/mol. The van der Waals surface area contributed by atoms with Crippen LogP contribution in [0.15, 0.2) is 18.2 Å². The van der Waals surface area contributed by atoms with Gasteiger partial charge < -0.3 is 15.7 Å². The second-order valence-corrected chi connectivity index (χ2v) is 3.93. The molecule has 0 spiro atoms. The highest BCUT2D eigenvalue weighted by Gasteiger charge is 2.10. The van der Waals surface area contributed by atoms with Crippen LogP contribution in [-0.4, -0.2) is 24.1 Å². The molecule has 1 rings (SSSR count). The summed E-state index contributed by atoms with van der Waals surface area (Å²) in [6.07, 6.45) is 0. The Morgan fingerprint density at radius 3 is 2.88 bits per heavy atom. The third-order valence-corrected chi connectivity index (χ3v) is 2.52. The zero-order chi connectivity index (χ0) is 12.1. The third-order valence-electron chi connectivity index (χ3n) is 2.28. The number of phenolic OH excluding ortho intramolecular Hbond substituents is 1. The molecule has 3 N–H and O–H groups in total. The number of hydrogen-bond acceptors (Lipinski definition) is 3. The van der Waals surface area contributed by atoms with Gasteiger partial charge >= 0.3 is 0 Å². The maximum atomic E-state index is 11.2. The van der Waals surface area contributed by atoms with E-state index in [4.69, 9.17) is 11.6 Å². The summed E-state index contributed by atoms with van der Waals surface area (Å²) in [5.41, 5.74) is 0.670. The molecule has 5 heteroatoms. The maximum absolute atomic E-state index is 11.2. The predicted octanol–water partition coefficient (Wildman–Crippen LogP) is 1.27. The molecule has 0 saturated heterocycles. The molecule has 0 aromatic heterocycles. The fraction of sp³-hybridized carbons (Fsp3) is 0.364. The normalized spacial score (nSPS) is 12.2. The first kappa shape index (κ1) is 12.8. The van der Waals surface area contributed by atoms with Crippen LogP contribution in [0.3, 0.4) is 0 Å². The van der Waals surface area contributed by atoms with Crippen LogP contribution in [0, 0.1) is 0 Å². The lowest BCUT2D eigenvalue weighted by molar-refractivity contribution is -0.122. The number of rotatable bonds is 4. The van der Waals surface area contributed by atoms with E-state index in [1.54, 1.807) is 26.1 Å². The van der Waals surface area contributed by atoms with E-state index in [0.29, 0.717) is 17.1 Å². The van der Waals surface area contributed by atoms with Gasteiger partial charge in [-0.15, -0.1) is 0 Å². The largest absolute Gasteiger partial charge is 0.508 e. The molecule has 1 atom stereocenters. The molecule has 16 heavy (non-hydrogen) atoms.